The lowest BCUT2D eigenvalue weighted by molar-refractivity contribution is -0.861. The van der Waals surface area contributed by atoms with E-state index in [0.717, 1.165) is 0 Å². The molecule has 6 nitrogen and oxygen atoms in total. The van der Waals surface area contributed by atoms with Crippen LogP contribution in [-0.4, -0.2) is 67.9 Å². The molecule has 1 atom stereocenters. The van der Waals surface area contributed by atoms with Crippen molar-refractivity contribution in [2.75, 3.05) is 47.0 Å². The van der Waals surface area contributed by atoms with Crippen LogP contribution in [-0.2, 0) is 14.3 Å². The minimum Gasteiger partial charge on any atom is -0.462 e. The van der Waals surface area contributed by atoms with Gasteiger partial charge in [0.2, 0.25) is 5.52 Å². The third-order valence-corrected chi connectivity index (χ3v) is 3.27. The first kappa shape index (κ1) is 22.2. The molecule has 7 heteroatoms. The molecule has 0 heterocycles. The fraction of sp³-hybridized carbons (Fsp3) is 0.571. The van der Waals surface area contributed by atoms with Crippen LogP contribution in [0.25, 0.3) is 0 Å². The van der Waals surface area contributed by atoms with Crippen LogP contribution in [0.5, 0.6) is 0 Å². The van der Waals surface area contributed by atoms with Crippen LogP contribution < -0.4 is 5.73 Å². The Morgan fingerprint density at radius 2 is 1.86 bits per heavy atom. The molecule has 0 bridgehead atoms. The molecule has 0 saturated heterocycles. The van der Waals surface area contributed by atoms with Gasteiger partial charge in [0.25, 0.3) is 0 Å². The molecule has 0 aliphatic carbocycles. The summed E-state index contributed by atoms with van der Waals surface area (Å²) in [6.45, 7) is 9.25. The standard InChI is InChI=1S/C11H21NO4P.C3H7N/c1-9(2)11(14)16-6-7-17(15)10(13)8-12(3,4)5;1-2-3-4/h15H,1,6-8H2,2-5H3;2H,1,3-4H2/q+1;. The number of ether oxygens (including phenoxy) is 1. The zero-order valence-electron chi connectivity index (χ0n) is 13.5. The molecule has 0 aromatic heterocycles. The van der Waals surface area contributed by atoms with E-state index in [4.69, 9.17) is 10.5 Å². The summed E-state index contributed by atoms with van der Waals surface area (Å²) >= 11 is 0. The Balaban J connectivity index is 0. The second-order valence-electron chi connectivity index (χ2n) is 5.41. The quantitative estimate of drug-likeness (QED) is 0.228. The Morgan fingerprint density at radius 1 is 1.38 bits per heavy atom. The summed E-state index contributed by atoms with van der Waals surface area (Å²) < 4.78 is 5.29. The van der Waals surface area contributed by atoms with Gasteiger partial charge in [0.05, 0.1) is 27.7 Å². The molecule has 122 valence electrons. The number of likely N-dealkylation sites (N-methyl/N-ethyl adjacent to an activating group) is 1. The van der Waals surface area contributed by atoms with Crippen molar-refractivity contribution < 1.29 is 23.7 Å². The zero-order chi connectivity index (χ0) is 17.1. The van der Waals surface area contributed by atoms with Crippen molar-refractivity contribution in [1.29, 1.82) is 0 Å². The number of nitrogens with zero attached hydrogens (tertiary/aromatic N) is 1. The summed E-state index contributed by atoms with van der Waals surface area (Å²) in [5, 5.41) is 0. The number of carbonyl (C=O) groups is 2. The number of hydrogen-bond acceptors (Lipinski definition) is 5. The first-order chi connectivity index (χ1) is 9.55. The first-order valence-electron chi connectivity index (χ1n) is 6.48. The van der Waals surface area contributed by atoms with Gasteiger partial charge >= 0.3 is 5.97 Å². The van der Waals surface area contributed by atoms with E-state index in [0.29, 0.717) is 16.6 Å². The highest BCUT2D eigenvalue weighted by Gasteiger charge is 2.22. The number of esters is 1. The lowest BCUT2D eigenvalue weighted by atomic mass is 10.4. The molecule has 0 fully saturated rings. The van der Waals surface area contributed by atoms with E-state index in [-0.39, 0.29) is 24.8 Å². The Labute approximate surface area is 128 Å². The van der Waals surface area contributed by atoms with Crippen LogP contribution in [0.4, 0.5) is 0 Å². The van der Waals surface area contributed by atoms with Crippen LogP contribution >= 0.6 is 8.15 Å². The molecular formula is C14H28N2O4P+. The highest BCUT2D eigenvalue weighted by molar-refractivity contribution is 7.69. The van der Waals surface area contributed by atoms with Crippen LogP contribution in [0.1, 0.15) is 6.92 Å². The van der Waals surface area contributed by atoms with Crippen molar-refractivity contribution in [1.82, 2.24) is 0 Å². The van der Waals surface area contributed by atoms with Gasteiger partial charge in [-0.25, -0.2) is 4.79 Å². The van der Waals surface area contributed by atoms with E-state index in [9.17, 15) is 14.5 Å². The predicted octanol–water partition coefficient (Wildman–Crippen LogP) is 0.859. The van der Waals surface area contributed by atoms with Gasteiger partial charge in [-0.1, -0.05) is 12.7 Å². The van der Waals surface area contributed by atoms with Crippen LogP contribution in [0.15, 0.2) is 24.8 Å². The number of carbonyl (C=O) groups excluding carboxylic acids is 2. The normalized spacial score (nSPS) is 11.7. The van der Waals surface area contributed by atoms with E-state index in [2.05, 4.69) is 13.2 Å². The minimum atomic E-state index is -1.72. The maximum atomic E-state index is 11.6. The summed E-state index contributed by atoms with van der Waals surface area (Å²) in [6.07, 6.45) is 1.84. The topological polar surface area (TPSA) is 89.6 Å². The molecule has 0 amide bonds. The third kappa shape index (κ3) is 15.1. The summed E-state index contributed by atoms with van der Waals surface area (Å²) in [7, 11) is 3.91. The van der Waals surface area contributed by atoms with Crippen molar-refractivity contribution in [3.05, 3.63) is 24.8 Å². The maximum Gasteiger partial charge on any atom is 0.333 e. The maximum absolute atomic E-state index is 11.6. The van der Waals surface area contributed by atoms with Gasteiger partial charge in [0.1, 0.15) is 14.7 Å². The summed E-state index contributed by atoms with van der Waals surface area (Å²) in [4.78, 5) is 32.2. The third-order valence-electron chi connectivity index (χ3n) is 1.95. The minimum absolute atomic E-state index is 0.0524. The van der Waals surface area contributed by atoms with Gasteiger partial charge in [-0.2, -0.15) is 0 Å². The van der Waals surface area contributed by atoms with Crippen molar-refractivity contribution in [3.63, 3.8) is 0 Å². The monoisotopic (exact) mass is 319 g/mol. The largest absolute Gasteiger partial charge is 0.462 e. The molecule has 21 heavy (non-hydrogen) atoms. The Kier molecular flexibility index (Phi) is 12.2. The van der Waals surface area contributed by atoms with Crippen molar-refractivity contribution >= 4 is 19.6 Å². The van der Waals surface area contributed by atoms with Gasteiger partial charge < -0.3 is 19.8 Å². The summed E-state index contributed by atoms with van der Waals surface area (Å²) in [6, 6.07) is 0. The molecule has 0 spiro atoms. The Bertz CT molecular complexity index is 364. The SMILES string of the molecule is C=C(C)C(=O)OCCP(O)C(=O)C[N+](C)(C)C.C=CCN. The highest BCUT2D eigenvalue weighted by Crippen LogP contribution is 2.30. The molecule has 0 saturated carbocycles. The highest BCUT2D eigenvalue weighted by atomic mass is 31.1. The fourth-order valence-corrected chi connectivity index (χ4v) is 2.06. The number of nitrogens with two attached hydrogens (primary N) is 1. The van der Waals surface area contributed by atoms with Crippen LogP contribution in [0, 0.1) is 0 Å². The molecule has 0 aromatic carbocycles. The molecule has 0 radical (unpaired) electrons. The summed E-state index contributed by atoms with van der Waals surface area (Å²) in [5.74, 6) is -0.493. The molecule has 0 rings (SSSR count). The van der Waals surface area contributed by atoms with Crippen molar-refractivity contribution in [2.24, 2.45) is 5.73 Å². The number of hydrogen-bond donors (Lipinski definition) is 2. The van der Waals surface area contributed by atoms with E-state index in [1.807, 2.05) is 21.1 Å². The summed E-state index contributed by atoms with van der Waals surface area (Å²) in [5.41, 5.74) is 5.04. The van der Waals surface area contributed by atoms with Gasteiger partial charge in [0, 0.05) is 18.3 Å². The van der Waals surface area contributed by atoms with E-state index in [1.54, 1.807) is 13.0 Å². The second-order valence-corrected chi connectivity index (χ2v) is 7.15. The van der Waals surface area contributed by atoms with Gasteiger partial charge in [-0.05, 0) is 6.92 Å². The van der Waals surface area contributed by atoms with Gasteiger partial charge in [0.15, 0.2) is 0 Å². The number of rotatable bonds is 8. The smallest absolute Gasteiger partial charge is 0.333 e. The zero-order valence-corrected chi connectivity index (χ0v) is 14.4. The fourth-order valence-electron chi connectivity index (χ4n) is 0.960. The van der Waals surface area contributed by atoms with Gasteiger partial charge in [-0.3, -0.25) is 4.79 Å². The van der Waals surface area contributed by atoms with Gasteiger partial charge in [-0.15, -0.1) is 6.58 Å². The van der Waals surface area contributed by atoms with E-state index >= 15 is 0 Å². The number of quaternary nitrogens is 1. The Morgan fingerprint density at radius 3 is 2.19 bits per heavy atom. The molecule has 0 aliphatic rings. The average molecular weight is 319 g/mol. The van der Waals surface area contributed by atoms with Crippen LogP contribution in [0.3, 0.4) is 0 Å². The molecular weight excluding hydrogens is 291 g/mol. The van der Waals surface area contributed by atoms with E-state index < -0.39 is 14.1 Å². The van der Waals surface area contributed by atoms with Crippen molar-refractivity contribution in [3.8, 4) is 0 Å². The average Bonchev–Trinajstić information content (AvgIpc) is 2.36. The van der Waals surface area contributed by atoms with Crippen molar-refractivity contribution in [2.45, 2.75) is 6.92 Å². The van der Waals surface area contributed by atoms with Crippen LogP contribution in [0.2, 0.25) is 0 Å². The second kappa shape index (κ2) is 11.6. The first-order valence-corrected chi connectivity index (χ1v) is 7.96. The molecule has 0 aromatic rings. The molecule has 0 aliphatic heterocycles. The predicted molar refractivity (Wildman–Crippen MR) is 86.9 cm³/mol. The molecule has 1 unspecified atom stereocenters. The lowest BCUT2D eigenvalue weighted by Crippen LogP contribution is -2.39. The molecule has 3 N–H and O–H groups in total. The van der Waals surface area contributed by atoms with E-state index in [1.165, 1.54) is 0 Å². The Hall–Kier alpha value is -1.07. The lowest BCUT2D eigenvalue weighted by Gasteiger charge is -2.23.